The van der Waals surface area contributed by atoms with Gasteiger partial charge in [-0.1, -0.05) is 12.1 Å². The van der Waals surface area contributed by atoms with Crippen LogP contribution in [0, 0.1) is 5.82 Å². The summed E-state index contributed by atoms with van der Waals surface area (Å²) in [5.41, 5.74) is 8.81. The lowest BCUT2D eigenvalue weighted by molar-refractivity contribution is -0.132. The summed E-state index contributed by atoms with van der Waals surface area (Å²) in [5.74, 6) is -0.710. The van der Waals surface area contributed by atoms with Crippen LogP contribution in [-0.2, 0) is 11.3 Å². The van der Waals surface area contributed by atoms with E-state index in [-0.39, 0.29) is 5.82 Å². The van der Waals surface area contributed by atoms with Gasteiger partial charge in [-0.05, 0) is 38.5 Å². The number of hydrogen-bond donors (Lipinski definition) is 0. The molecule has 0 saturated heterocycles. The molecule has 0 N–H and O–H groups in total. The van der Waals surface area contributed by atoms with Crippen LogP contribution >= 0.6 is 0 Å². The normalized spacial score (nSPS) is 10.7. The molecule has 1 rings (SSSR count). The first-order valence-corrected chi connectivity index (χ1v) is 5.58. The highest BCUT2D eigenvalue weighted by atomic mass is 19.1. The third-order valence-corrected chi connectivity index (χ3v) is 2.50. The molecule has 0 fully saturated rings. The summed E-state index contributed by atoms with van der Waals surface area (Å²) < 4.78 is 12.8. The summed E-state index contributed by atoms with van der Waals surface area (Å²) in [5, 5.41) is 0. The Balaban J connectivity index is 2.95. The summed E-state index contributed by atoms with van der Waals surface area (Å²) in [4.78, 5) is 16.1. The van der Waals surface area contributed by atoms with Gasteiger partial charge in [-0.15, -0.1) is 0 Å². The summed E-state index contributed by atoms with van der Waals surface area (Å²) in [6.07, 6.45) is 0.856. The Bertz CT molecular complexity index is 470. The van der Waals surface area contributed by atoms with Gasteiger partial charge in [-0.25, -0.2) is 4.39 Å². The minimum atomic E-state index is -0.424. The largest absolute Gasteiger partial charge is 0.361 e. The molecule has 0 aromatic heterocycles. The molecule has 0 aliphatic carbocycles. The molecule has 4 nitrogen and oxygen atoms in total. The van der Waals surface area contributed by atoms with Crippen molar-refractivity contribution in [2.24, 2.45) is 0 Å². The monoisotopic (exact) mass is 249 g/mol. The number of benzene rings is 1. The van der Waals surface area contributed by atoms with Crippen LogP contribution in [0.25, 0.3) is 5.53 Å². The fraction of sp³-hybridized carbons (Fsp3) is 0.385. The van der Waals surface area contributed by atoms with Crippen LogP contribution < -0.4 is 0 Å². The highest BCUT2D eigenvalue weighted by Crippen LogP contribution is 2.17. The molecule has 0 bridgehead atoms. The molecule has 0 saturated carbocycles. The van der Waals surface area contributed by atoms with Gasteiger partial charge in [-0.2, -0.15) is 4.79 Å². The van der Waals surface area contributed by atoms with Crippen molar-refractivity contribution >= 4 is 12.1 Å². The van der Waals surface area contributed by atoms with Gasteiger partial charge in [0.25, 0.3) is 0 Å². The third kappa shape index (κ3) is 3.79. The van der Waals surface area contributed by atoms with Crippen molar-refractivity contribution in [2.75, 3.05) is 0 Å². The number of rotatable bonds is 3. The van der Waals surface area contributed by atoms with Crippen LogP contribution in [-0.4, -0.2) is 27.4 Å². The van der Waals surface area contributed by atoms with Crippen LogP contribution in [0.1, 0.15) is 26.3 Å². The van der Waals surface area contributed by atoms with Gasteiger partial charge >= 0.3 is 12.1 Å². The molecule has 1 amide bonds. The minimum Gasteiger partial charge on any atom is -0.361 e. The zero-order chi connectivity index (χ0) is 13.8. The molecular weight excluding hydrogens is 233 g/mol. The van der Waals surface area contributed by atoms with Gasteiger partial charge < -0.3 is 10.4 Å². The molecule has 0 radical (unpaired) electrons. The maximum atomic E-state index is 12.8. The van der Waals surface area contributed by atoms with Crippen molar-refractivity contribution in [1.82, 2.24) is 4.90 Å². The topological polar surface area (TPSA) is 56.7 Å². The quantitative estimate of drug-likeness (QED) is 0.460. The fourth-order valence-corrected chi connectivity index (χ4v) is 1.54. The Morgan fingerprint density at radius 3 is 2.39 bits per heavy atom. The number of halogens is 1. The van der Waals surface area contributed by atoms with E-state index in [1.54, 1.807) is 17.0 Å². The average molecular weight is 249 g/mol. The average Bonchev–Trinajstić information content (AvgIpc) is 2.26. The van der Waals surface area contributed by atoms with Crippen molar-refractivity contribution in [3.05, 3.63) is 41.2 Å². The summed E-state index contributed by atoms with van der Waals surface area (Å²) in [6, 6.07) is 5.94. The molecule has 18 heavy (non-hydrogen) atoms. The van der Waals surface area contributed by atoms with Gasteiger partial charge in [0.1, 0.15) is 5.82 Å². The molecule has 1 aromatic rings. The predicted octanol–water partition coefficient (Wildman–Crippen LogP) is 2.25. The highest BCUT2D eigenvalue weighted by Gasteiger charge is 2.27. The van der Waals surface area contributed by atoms with Gasteiger partial charge in [0, 0.05) is 12.1 Å². The van der Waals surface area contributed by atoms with Gasteiger partial charge in [0.2, 0.25) is 0 Å². The summed E-state index contributed by atoms with van der Waals surface area (Å²) in [6.45, 7) is 5.95. The van der Waals surface area contributed by atoms with E-state index in [2.05, 4.69) is 4.79 Å². The number of nitrogens with zero attached hydrogens (tertiary/aromatic N) is 3. The lowest BCUT2D eigenvalue weighted by Crippen LogP contribution is -2.45. The Morgan fingerprint density at radius 1 is 1.39 bits per heavy atom. The second-order valence-corrected chi connectivity index (χ2v) is 4.97. The Kier molecular flexibility index (Phi) is 4.34. The Morgan fingerprint density at radius 2 is 1.94 bits per heavy atom. The molecule has 0 unspecified atom stereocenters. The van der Waals surface area contributed by atoms with Crippen LogP contribution in [0.2, 0.25) is 0 Å². The van der Waals surface area contributed by atoms with Crippen LogP contribution in [0.5, 0.6) is 0 Å². The van der Waals surface area contributed by atoms with E-state index in [0.29, 0.717) is 6.54 Å². The maximum Gasteiger partial charge on any atom is 0.344 e. The van der Waals surface area contributed by atoms with E-state index >= 15 is 0 Å². The lowest BCUT2D eigenvalue weighted by atomic mass is 10.0. The van der Waals surface area contributed by atoms with E-state index in [9.17, 15) is 9.18 Å². The second-order valence-electron chi connectivity index (χ2n) is 4.97. The molecule has 96 valence electrons. The minimum absolute atomic E-state index is 0.315. The highest BCUT2D eigenvalue weighted by molar-refractivity contribution is 6.23. The zero-order valence-corrected chi connectivity index (χ0v) is 10.7. The molecule has 0 heterocycles. The second kappa shape index (κ2) is 5.56. The van der Waals surface area contributed by atoms with E-state index in [1.807, 2.05) is 20.8 Å². The molecule has 5 heteroatoms. The first kappa shape index (κ1) is 14.1. The van der Waals surface area contributed by atoms with E-state index in [4.69, 9.17) is 5.53 Å². The maximum absolute atomic E-state index is 12.8. The number of carbonyl (C=O) groups excluding carboxylic acids is 1. The number of amides is 1. The third-order valence-electron chi connectivity index (χ3n) is 2.50. The number of hydrogen-bond acceptors (Lipinski definition) is 1. The summed E-state index contributed by atoms with van der Waals surface area (Å²) in [7, 11) is 0. The van der Waals surface area contributed by atoms with Crippen LogP contribution in [0.15, 0.2) is 24.3 Å². The van der Waals surface area contributed by atoms with E-state index in [0.717, 1.165) is 11.8 Å². The van der Waals surface area contributed by atoms with Crippen molar-refractivity contribution in [3.63, 3.8) is 0 Å². The molecule has 0 spiro atoms. The molecule has 0 aliphatic heterocycles. The van der Waals surface area contributed by atoms with Crippen LogP contribution in [0.3, 0.4) is 0 Å². The van der Waals surface area contributed by atoms with Crippen LogP contribution in [0.4, 0.5) is 4.39 Å². The van der Waals surface area contributed by atoms with E-state index < -0.39 is 11.4 Å². The Labute approximate surface area is 106 Å². The van der Waals surface area contributed by atoms with Gasteiger partial charge in [0.15, 0.2) is 0 Å². The lowest BCUT2D eigenvalue weighted by Gasteiger charge is -2.33. The SMILES string of the molecule is CC(C)(C)N(Cc1ccc(F)cc1)C(=O)C=[N+]=[N-]. The number of carbonyl (C=O) groups is 1. The smallest absolute Gasteiger partial charge is 0.344 e. The molecular formula is C13H16FN3O. The standard InChI is InChI=1S/C13H16FN3O/c1-13(2,3)17(12(18)8-16-15)9-10-4-6-11(14)7-5-10/h4-8H,9H2,1-3H3. The van der Waals surface area contributed by atoms with Crippen molar-refractivity contribution in [2.45, 2.75) is 32.9 Å². The van der Waals surface area contributed by atoms with Crippen molar-refractivity contribution in [3.8, 4) is 0 Å². The predicted molar refractivity (Wildman–Crippen MR) is 66.4 cm³/mol. The zero-order valence-electron chi connectivity index (χ0n) is 10.7. The molecule has 1 aromatic carbocycles. The van der Waals surface area contributed by atoms with Gasteiger partial charge in [-0.3, -0.25) is 4.79 Å². The van der Waals surface area contributed by atoms with Gasteiger partial charge in [0.05, 0.1) is 0 Å². The van der Waals surface area contributed by atoms with E-state index in [1.165, 1.54) is 12.1 Å². The Hall–Kier alpha value is -2.00. The summed E-state index contributed by atoms with van der Waals surface area (Å²) >= 11 is 0. The first-order chi connectivity index (χ1) is 8.34. The van der Waals surface area contributed by atoms with Crippen molar-refractivity contribution in [1.29, 1.82) is 0 Å². The van der Waals surface area contributed by atoms with Crippen molar-refractivity contribution < 1.29 is 14.0 Å². The first-order valence-electron chi connectivity index (χ1n) is 5.58. The molecule has 0 aliphatic rings. The molecule has 0 atom stereocenters. The fourth-order valence-electron chi connectivity index (χ4n) is 1.54.